The van der Waals surface area contributed by atoms with E-state index in [1.165, 1.54) is 14.2 Å². The number of halogens is 1. The molecule has 1 atom stereocenters. The minimum Gasteiger partial charge on any atom is -0.352 e. The van der Waals surface area contributed by atoms with E-state index in [0.29, 0.717) is 22.2 Å². The summed E-state index contributed by atoms with van der Waals surface area (Å²) in [5.41, 5.74) is 2.72. The molecule has 1 aromatic carbocycles. The highest BCUT2D eigenvalue weighted by molar-refractivity contribution is 6.31. The zero-order valence-electron chi connectivity index (χ0n) is 12.6. The van der Waals surface area contributed by atoms with Gasteiger partial charge in [-0.1, -0.05) is 29.8 Å². The number of hydrogen-bond donors (Lipinski definition) is 2. The van der Waals surface area contributed by atoms with Gasteiger partial charge in [-0.3, -0.25) is 5.10 Å². The largest absolute Gasteiger partial charge is 0.352 e. The van der Waals surface area contributed by atoms with Crippen LogP contribution >= 0.6 is 11.6 Å². The molecule has 6 nitrogen and oxygen atoms in total. The number of fused-ring (bicyclic) bond motifs is 1. The van der Waals surface area contributed by atoms with E-state index >= 15 is 0 Å². The van der Waals surface area contributed by atoms with Gasteiger partial charge in [0.25, 0.3) is 0 Å². The van der Waals surface area contributed by atoms with Crippen LogP contribution in [0.2, 0.25) is 5.02 Å². The number of H-pyrrole nitrogens is 1. The number of nitrogens with one attached hydrogen (secondary N) is 2. The Kier molecular flexibility index (Phi) is 4.35. The van der Waals surface area contributed by atoms with Gasteiger partial charge in [0.1, 0.15) is 5.82 Å². The first-order valence-corrected chi connectivity index (χ1v) is 7.30. The minimum atomic E-state index is -0.680. The molecule has 7 heteroatoms. The number of rotatable bonds is 4. The lowest BCUT2D eigenvalue weighted by atomic mass is 9.86. The van der Waals surface area contributed by atoms with E-state index in [1.54, 1.807) is 6.20 Å². The van der Waals surface area contributed by atoms with Gasteiger partial charge in [-0.25, -0.2) is 4.85 Å². The number of ether oxygens (including phenoxy) is 2. The van der Waals surface area contributed by atoms with E-state index < -0.39 is 6.29 Å². The van der Waals surface area contributed by atoms with Crippen molar-refractivity contribution in [3.05, 3.63) is 69.4 Å². The Morgan fingerprint density at radius 2 is 2.00 bits per heavy atom. The van der Waals surface area contributed by atoms with Crippen molar-refractivity contribution in [3.63, 3.8) is 0 Å². The molecule has 2 heterocycles. The van der Waals surface area contributed by atoms with Crippen LogP contribution in [-0.4, -0.2) is 30.7 Å². The summed E-state index contributed by atoms with van der Waals surface area (Å²) < 4.78 is 10.6. The molecule has 0 saturated heterocycles. The Bertz CT molecular complexity index is 789. The lowest BCUT2D eigenvalue weighted by molar-refractivity contribution is -0.0747. The molecule has 3 rings (SSSR count). The smallest absolute Gasteiger partial charge is 0.201 e. The second kappa shape index (κ2) is 6.42. The predicted molar refractivity (Wildman–Crippen MR) is 86.9 cm³/mol. The molecule has 2 N–H and O–H groups in total. The van der Waals surface area contributed by atoms with Crippen molar-refractivity contribution >= 4 is 17.4 Å². The fourth-order valence-electron chi connectivity index (χ4n) is 2.78. The molecule has 1 aliphatic rings. The van der Waals surface area contributed by atoms with Gasteiger partial charge in [0.15, 0.2) is 6.29 Å². The van der Waals surface area contributed by atoms with Gasteiger partial charge in [-0.2, -0.15) is 5.10 Å². The summed E-state index contributed by atoms with van der Waals surface area (Å²) in [6, 6.07) is 7.48. The maximum Gasteiger partial charge on any atom is 0.201 e. The van der Waals surface area contributed by atoms with Crippen molar-refractivity contribution in [3.8, 4) is 0 Å². The van der Waals surface area contributed by atoms with Crippen molar-refractivity contribution in [1.82, 2.24) is 10.2 Å². The van der Waals surface area contributed by atoms with Crippen LogP contribution in [0.1, 0.15) is 17.0 Å². The maximum absolute atomic E-state index is 7.66. The van der Waals surface area contributed by atoms with Gasteiger partial charge in [0.2, 0.25) is 5.70 Å². The molecule has 0 spiro atoms. The summed E-state index contributed by atoms with van der Waals surface area (Å²) in [7, 11) is 3.05. The number of nitrogens with zero attached hydrogens (tertiary/aromatic N) is 2. The van der Waals surface area contributed by atoms with Crippen LogP contribution in [0.4, 0.5) is 5.82 Å². The topological polar surface area (TPSA) is 63.5 Å². The highest BCUT2D eigenvalue weighted by Gasteiger charge is 2.35. The first-order valence-electron chi connectivity index (χ1n) is 6.93. The Morgan fingerprint density at radius 1 is 1.26 bits per heavy atom. The zero-order chi connectivity index (χ0) is 16.4. The Hall–Kier alpha value is -2.33. The van der Waals surface area contributed by atoms with Crippen LogP contribution in [0.3, 0.4) is 0 Å². The standard InChI is InChI=1S/C16H15ClN4O2/c1-18-13-12(9-6-4-5-7-11(9)17)10-8-19-21-15(10)20-14(13)16(22-2)23-3/h4-8,12,16H,2-3H3,(H2,19,20,21). The number of aromatic nitrogens is 2. The van der Waals surface area contributed by atoms with Crippen LogP contribution < -0.4 is 5.32 Å². The van der Waals surface area contributed by atoms with E-state index in [2.05, 4.69) is 20.4 Å². The Balaban J connectivity index is 2.22. The van der Waals surface area contributed by atoms with Gasteiger partial charge in [0, 0.05) is 24.8 Å². The molecule has 0 aliphatic carbocycles. The Labute approximate surface area is 138 Å². The third-order valence-electron chi connectivity index (χ3n) is 3.79. The second-order valence-electron chi connectivity index (χ2n) is 4.99. The van der Waals surface area contributed by atoms with E-state index in [0.717, 1.165) is 11.1 Å². The predicted octanol–water partition coefficient (Wildman–Crippen LogP) is 3.37. The average molecular weight is 331 g/mol. The highest BCUT2D eigenvalue weighted by atomic mass is 35.5. The molecule has 0 fully saturated rings. The quantitative estimate of drug-likeness (QED) is 0.666. The summed E-state index contributed by atoms with van der Waals surface area (Å²) in [5.74, 6) is 0.371. The Morgan fingerprint density at radius 3 is 2.65 bits per heavy atom. The van der Waals surface area contributed by atoms with Gasteiger partial charge in [-0.15, -0.1) is 0 Å². The molecule has 1 aliphatic heterocycles. The third kappa shape index (κ3) is 2.59. The SMILES string of the molecule is [C-]#[N+]C1=C(C(OC)OC)Nc2[nH]ncc2C1c1ccccc1Cl. The number of allylic oxidation sites excluding steroid dienone is 1. The van der Waals surface area contributed by atoms with Crippen molar-refractivity contribution in [1.29, 1.82) is 0 Å². The third-order valence-corrected chi connectivity index (χ3v) is 4.13. The molecule has 0 amide bonds. The number of anilines is 1. The highest BCUT2D eigenvalue weighted by Crippen LogP contribution is 2.44. The van der Waals surface area contributed by atoms with Crippen molar-refractivity contribution in [2.75, 3.05) is 19.5 Å². The van der Waals surface area contributed by atoms with Crippen LogP contribution in [0.5, 0.6) is 0 Å². The maximum atomic E-state index is 7.66. The lowest BCUT2D eigenvalue weighted by Gasteiger charge is -2.29. The summed E-state index contributed by atoms with van der Waals surface area (Å²) in [5, 5.41) is 10.7. The number of methoxy groups -OCH3 is 2. The first-order chi connectivity index (χ1) is 11.2. The fourth-order valence-corrected chi connectivity index (χ4v) is 3.02. The van der Waals surface area contributed by atoms with Crippen LogP contribution in [0.25, 0.3) is 4.85 Å². The number of aromatic amines is 1. The molecule has 23 heavy (non-hydrogen) atoms. The molecule has 1 unspecified atom stereocenters. The monoisotopic (exact) mass is 330 g/mol. The summed E-state index contributed by atoms with van der Waals surface area (Å²) in [6.07, 6.45) is 1.02. The van der Waals surface area contributed by atoms with Gasteiger partial charge in [-0.05, 0) is 11.6 Å². The molecule has 118 valence electrons. The van der Waals surface area contributed by atoms with Crippen molar-refractivity contribution < 1.29 is 9.47 Å². The van der Waals surface area contributed by atoms with Crippen LogP contribution in [0.15, 0.2) is 41.9 Å². The molecule has 2 aromatic rings. The van der Waals surface area contributed by atoms with E-state index in [4.69, 9.17) is 27.6 Å². The van der Waals surface area contributed by atoms with Gasteiger partial charge in [0.05, 0.1) is 24.4 Å². The minimum absolute atomic E-state index is 0.334. The van der Waals surface area contributed by atoms with Crippen LogP contribution in [-0.2, 0) is 9.47 Å². The van der Waals surface area contributed by atoms with E-state index in [1.807, 2.05) is 24.3 Å². The molecular weight excluding hydrogens is 316 g/mol. The van der Waals surface area contributed by atoms with Gasteiger partial charge >= 0.3 is 0 Å². The average Bonchev–Trinajstić information content (AvgIpc) is 3.03. The fraction of sp³-hybridized carbons (Fsp3) is 0.250. The number of hydrogen-bond acceptors (Lipinski definition) is 4. The molecule has 0 saturated carbocycles. The van der Waals surface area contributed by atoms with Crippen molar-refractivity contribution in [2.45, 2.75) is 12.2 Å². The van der Waals surface area contributed by atoms with Crippen LogP contribution in [0, 0.1) is 6.57 Å². The first kappa shape index (κ1) is 15.6. The van der Waals surface area contributed by atoms with Gasteiger partial charge < -0.3 is 14.8 Å². The molecule has 0 radical (unpaired) electrons. The van der Waals surface area contributed by atoms with E-state index in [-0.39, 0.29) is 5.92 Å². The number of benzene rings is 1. The molecular formula is C16H15ClN4O2. The van der Waals surface area contributed by atoms with Crippen molar-refractivity contribution in [2.24, 2.45) is 0 Å². The summed E-state index contributed by atoms with van der Waals surface area (Å²) in [4.78, 5) is 3.73. The molecule has 1 aromatic heterocycles. The summed E-state index contributed by atoms with van der Waals surface area (Å²) >= 11 is 6.37. The second-order valence-corrected chi connectivity index (χ2v) is 5.40. The normalized spacial score (nSPS) is 16.9. The summed E-state index contributed by atoms with van der Waals surface area (Å²) in [6.45, 7) is 7.66. The molecule has 0 bridgehead atoms. The van der Waals surface area contributed by atoms with E-state index in [9.17, 15) is 0 Å². The zero-order valence-corrected chi connectivity index (χ0v) is 13.4. The lowest BCUT2D eigenvalue weighted by Crippen LogP contribution is -2.28.